The van der Waals surface area contributed by atoms with Gasteiger partial charge in [0.1, 0.15) is 0 Å². The monoisotopic (exact) mass is 322 g/mol. The number of likely N-dealkylation sites (N-methyl/N-ethyl adjacent to an activating group) is 1. The topological polar surface area (TPSA) is 93.7 Å². The fourth-order valence-electron chi connectivity index (χ4n) is 1.53. The molecular weight excluding hydrogens is 300 g/mol. The summed E-state index contributed by atoms with van der Waals surface area (Å²) in [5.74, 6) is -1.47. The highest BCUT2D eigenvalue weighted by Gasteiger charge is 2.11. The van der Waals surface area contributed by atoms with E-state index in [-0.39, 0.29) is 18.6 Å². The predicted molar refractivity (Wildman–Crippen MR) is 83.7 cm³/mol. The first-order chi connectivity index (χ1) is 10.9. The fraction of sp³-hybridized carbons (Fsp3) is 0.438. The zero-order valence-electron chi connectivity index (χ0n) is 13.5. The minimum atomic E-state index is -0.601. The van der Waals surface area contributed by atoms with E-state index in [1.54, 1.807) is 24.3 Å². The first kappa shape index (κ1) is 18.6. The number of esters is 1. The molecule has 0 heterocycles. The van der Waals surface area contributed by atoms with Gasteiger partial charge in [-0.05, 0) is 31.5 Å². The molecular formula is C16H22N2O5. The zero-order valence-corrected chi connectivity index (χ0v) is 13.5. The highest BCUT2D eigenvalue weighted by molar-refractivity contribution is 5.92. The second kappa shape index (κ2) is 9.58. The van der Waals surface area contributed by atoms with Crippen molar-refractivity contribution in [3.8, 4) is 0 Å². The van der Waals surface area contributed by atoms with Crippen molar-refractivity contribution < 1.29 is 23.9 Å². The molecule has 0 unspecified atom stereocenters. The number of rotatable bonds is 8. The van der Waals surface area contributed by atoms with Crippen LogP contribution in [-0.4, -0.2) is 44.1 Å². The summed E-state index contributed by atoms with van der Waals surface area (Å²) in [5, 5.41) is 4.69. The van der Waals surface area contributed by atoms with Crippen molar-refractivity contribution in [2.75, 3.05) is 20.2 Å². The van der Waals surface area contributed by atoms with Crippen LogP contribution in [0.2, 0.25) is 0 Å². The minimum Gasteiger partial charge on any atom is -0.452 e. The van der Waals surface area contributed by atoms with E-state index in [9.17, 15) is 14.4 Å². The van der Waals surface area contributed by atoms with Crippen molar-refractivity contribution >= 4 is 17.8 Å². The standard InChI is InChI=1S/C16H22N2O5/c1-11(2)22-9-12-4-6-13(7-5-12)16(21)23-10-15(20)18-8-14(19)17-3/h4-7,11H,8-10H2,1-3H3,(H,17,19)(H,18,20). The summed E-state index contributed by atoms with van der Waals surface area (Å²) < 4.78 is 10.3. The third kappa shape index (κ3) is 7.42. The largest absolute Gasteiger partial charge is 0.452 e. The first-order valence-corrected chi connectivity index (χ1v) is 7.27. The van der Waals surface area contributed by atoms with Crippen LogP contribution in [0.4, 0.5) is 0 Å². The second-order valence-electron chi connectivity index (χ2n) is 5.08. The SMILES string of the molecule is CNC(=O)CNC(=O)COC(=O)c1ccc(COC(C)C)cc1. The molecule has 1 aromatic carbocycles. The van der Waals surface area contributed by atoms with Crippen LogP contribution in [0, 0.1) is 0 Å². The molecule has 0 fully saturated rings. The van der Waals surface area contributed by atoms with E-state index in [0.717, 1.165) is 5.56 Å². The van der Waals surface area contributed by atoms with Crippen molar-refractivity contribution in [1.82, 2.24) is 10.6 Å². The Morgan fingerprint density at radius 3 is 2.30 bits per heavy atom. The Morgan fingerprint density at radius 1 is 1.09 bits per heavy atom. The fourth-order valence-corrected chi connectivity index (χ4v) is 1.53. The van der Waals surface area contributed by atoms with Crippen molar-refractivity contribution in [3.05, 3.63) is 35.4 Å². The molecule has 2 N–H and O–H groups in total. The smallest absolute Gasteiger partial charge is 0.338 e. The van der Waals surface area contributed by atoms with Crippen LogP contribution in [0.25, 0.3) is 0 Å². The molecule has 23 heavy (non-hydrogen) atoms. The van der Waals surface area contributed by atoms with Crippen LogP contribution < -0.4 is 10.6 Å². The van der Waals surface area contributed by atoms with Crippen molar-refractivity contribution in [3.63, 3.8) is 0 Å². The van der Waals surface area contributed by atoms with Crippen molar-refractivity contribution in [2.24, 2.45) is 0 Å². The molecule has 0 aliphatic carbocycles. The number of carbonyl (C=O) groups is 3. The number of hydrogen-bond acceptors (Lipinski definition) is 5. The highest BCUT2D eigenvalue weighted by Crippen LogP contribution is 2.08. The predicted octanol–water partition coefficient (Wildman–Crippen LogP) is 0.631. The second-order valence-corrected chi connectivity index (χ2v) is 5.08. The van der Waals surface area contributed by atoms with Crippen LogP contribution >= 0.6 is 0 Å². The molecule has 0 saturated heterocycles. The van der Waals surface area contributed by atoms with Gasteiger partial charge in [0.15, 0.2) is 6.61 Å². The Hall–Kier alpha value is -2.41. The van der Waals surface area contributed by atoms with Gasteiger partial charge in [0, 0.05) is 7.05 Å². The van der Waals surface area contributed by atoms with Gasteiger partial charge in [-0.2, -0.15) is 0 Å². The lowest BCUT2D eigenvalue weighted by atomic mass is 10.1. The average molecular weight is 322 g/mol. The van der Waals surface area contributed by atoms with Gasteiger partial charge >= 0.3 is 5.97 Å². The molecule has 0 aromatic heterocycles. The molecule has 0 saturated carbocycles. The van der Waals surface area contributed by atoms with Gasteiger partial charge in [-0.25, -0.2) is 4.79 Å². The first-order valence-electron chi connectivity index (χ1n) is 7.27. The van der Waals surface area contributed by atoms with Crippen LogP contribution in [-0.2, 0) is 25.7 Å². The molecule has 0 radical (unpaired) electrons. The van der Waals surface area contributed by atoms with E-state index in [0.29, 0.717) is 12.2 Å². The molecule has 0 atom stereocenters. The highest BCUT2D eigenvalue weighted by atomic mass is 16.5. The van der Waals surface area contributed by atoms with E-state index < -0.39 is 18.5 Å². The molecule has 0 aliphatic heterocycles. The van der Waals surface area contributed by atoms with E-state index in [2.05, 4.69) is 10.6 Å². The van der Waals surface area contributed by atoms with Crippen LogP contribution in [0.5, 0.6) is 0 Å². The Morgan fingerprint density at radius 2 is 1.74 bits per heavy atom. The summed E-state index contributed by atoms with van der Waals surface area (Å²) in [4.78, 5) is 34.2. The summed E-state index contributed by atoms with van der Waals surface area (Å²) in [5.41, 5.74) is 1.29. The van der Waals surface area contributed by atoms with Gasteiger partial charge in [0.05, 0.1) is 24.8 Å². The number of ether oxygens (including phenoxy) is 2. The maximum absolute atomic E-state index is 11.8. The number of carbonyl (C=O) groups excluding carboxylic acids is 3. The molecule has 2 amide bonds. The summed E-state index contributed by atoms with van der Waals surface area (Å²) >= 11 is 0. The van der Waals surface area contributed by atoms with Crippen LogP contribution in [0.3, 0.4) is 0 Å². The quantitative estimate of drug-likeness (QED) is 0.685. The molecule has 0 spiro atoms. The summed E-state index contributed by atoms with van der Waals surface area (Å²) in [7, 11) is 1.46. The van der Waals surface area contributed by atoms with E-state index in [4.69, 9.17) is 9.47 Å². The number of amides is 2. The minimum absolute atomic E-state index is 0.132. The average Bonchev–Trinajstić information content (AvgIpc) is 2.55. The third-order valence-electron chi connectivity index (χ3n) is 2.83. The van der Waals surface area contributed by atoms with Gasteiger partial charge < -0.3 is 20.1 Å². The lowest BCUT2D eigenvalue weighted by Gasteiger charge is -2.08. The van der Waals surface area contributed by atoms with E-state index in [1.165, 1.54) is 7.05 Å². The third-order valence-corrected chi connectivity index (χ3v) is 2.83. The summed E-state index contributed by atoms with van der Waals surface area (Å²) in [6.45, 7) is 3.77. The lowest BCUT2D eigenvalue weighted by molar-refractivity contribution is -0.127. The summed E-state index contributed by atoms with van der Waals surface area (Å²) in [6.07, 6.45) is 0.132. The van der Waals surface area contributed by atoms with Gasteiger partial charge in [-0.3, -0.25) is 9.59 Å². The van der Waals surface area contributed by atoms with Gasteiger partial charge in [0.2, 0.25) is 5.91 Å². The van der Waals surface area contributed by atoms with Gasteiger partial charge in [0.25, 0.3) is 5.91 Å². The lowest BCUT2D eigenvalue weighted by Crippen LogP contribution is -2.37. The Kier molecular flexibility index (Phi) is 7.76. The van der Waals surface area contributed by atoms with Crippen molar-refractivity contribution in [2.45, 2.75) is 26.6 Å². The van der Waals surface area contributed by atoms with Crippen LogP contribution in [0.1, 0.15) is 29.8 Å². The maximum Gasteiger partial charge on any atom is 0.338 e. The van der Waals surface area contributed by atoms with Gasteiger partial charge in [-0.15, -0.1) is 0 Å². The molecule has 0 bridgehead atoms. The molecule has 1 aromatic rings. The number of hydrogen-bond donors (Lipinski definition) is 2. The molecule has 7 nitrogen and oxygen atoms in total. The zero-order chi connectivity index (χ0) is 17.2. The Bertz CT molecular complexity index is 540. The molecule has 126 valence electrons. The Balaban J connectivity index is 2.39. The Labute approximate surface area is 135 Å². The molecule has 7 heteroatoms. The normalized spacial score (nSPS) is 10.3. The number of nitrogens with one attached hydrogen (secondary N) is 2. The van der Waals surface area contributed by atoms with E-state index in [1.807, 2.05) is 13.8 Å². The van der Waals surface area contributed by atoms with E-state index >= 15 is 0 Å². The van der Waals surface area contributed by atoms with Crippen LogP contribution in [0.15, 0.2) is 24.3 Å². The number of benzene rings is 1. The van der Waals surface area contributed by atoms with Gasteiger partial charge in [-0.1, -0.05) is 12.1 Å². The maximum atomic E-state index is 11.8. The molecule has 1 rings (SSSR count). The van der Waals surface area contributed by atoms with Crippen molar-refractivity contribution in [1.29, 1.82) is 0 Å². The molecule has 0 aliphatic rings. The summed E-state index contributed by atoms with van der Waals surface area (Å²) in [6, 6.07) is 6.77.